The monoisotopic (exact) mass is 301 g/mol. The molecule has 0 spiro atoms. The minimum Gasteiger partial charge on any atom is -0.622 e. The van der Waals surface area contributed by atoms with Crippen molar-refractivity contribution in [3.8, 4) is 0 Å². The van der Waals surface area contributed by atoms with E-state index in [2.05, 4.69) is 0 Å². The van der Waals surface area contributed by atoms with Crippen LogP contribution in [0.4, 0.5) is 0 Å². The predicted octanol–water partition coefficient (Wildman–Crippen LogP) is 2.97. The molecular formula is C18H23NO3. The molecule has 22 heavy (non-hydrogen) atoms. The lowest BCUT2D eigenvalue weighted by Crippen LogP contribution is -2.34. The van der Waals surface area contributed by atoms with Gasteiger partial charge in [-0.15, -0.1) is 0 Å². The van der Waals surface area contributed by atoms with Gasteiger partial charge in [0, 0.05) is 12.5 Å². The van der Waals surface area contributed by atoms with E-state index in [1.807, 2.05) is 68.5 Å². The maximum Gasteiger partial charge on any atom is 0.273 e. The van der Waals surface area contributed by atoms with Crippen molar-refractivity contribution in [2.75, 3.05) is 13.2 Å². The second-order valence-corrected chi connectivity index (χ2v) is 6.06. The molecule has 1 unspecified atom stereocenters. The van der Waals surface area contributed by atoms with Gasteiger partial charge < -0.3 is 15.1 Å². The van der Waals surface area contributed by atoms with E-state index in [0.29, 0.717) is 12.1 Å². The minimum atomic E-state index is -0.544. The molecule has 0 fully saturated rings. The van der Waals surface area contributed by atoms with E-state index in [9.17, 15) is 5.21 Å². The van der Waals surface area contributed by atoms with Gasteiger partial charge in [-0.05, 0) is 5.56 Å². The molecule has 1 heterocycles. The molecule has 0 bridgehead atoms. The van der Waals surface area contributed by atoms with Crippen LogP contribution in [0.15, 0.2) is 48.6 Å². The third-order valence-electron chi connectivity index (χ3n) is 3.66. The molecule has 1 aromatic carbocycles. The Hall–Kier alpha value is -1.91. The largest absolute Gasteiger partial charge is 0.622 e. The Kier molecular flexibility index (Phi) is 5.52. The number of aliphatic hydroxyl groups is 1. The Bertz CT molecular complexity index is 573. The molecule has 0 amide bonds. The summed E-state index contributed by atoms with van der Waals surface area (Å²) >= 11 is 0. The van der Waals surface area contributed by atoms with Gasteiger partial charge in [-0.2, -0.15) is 4.74 Å². The molecule has 1 atom stereocenters. The second-order valence-electron chi connectivity index (χ2n) is 6.06. The zero-order valence-corrected chi connectivity index (χ0v) is 13.1. The Balaban J connectivity index is 2.03. The van der Waals surface area contributed by atoms with Crippen molar-refractivity contribution in [2.24, 2.45) is 5.41 Å². The highest BCUT2D eigenvalue weighted by molar-refractivity contribution is 5.92. The smallest absolute Gasteiger partial charge is 0.273 e. The Morgan fingerprint density at radius 1 is 1.27 bits per heavy atom. The lowest BCUT2D eigenvalue weighted by molar-refractivity contribution is -0.564. The molecule has 0 radical (unpaired) electrons. The molecule has 0 saturated carbocycles. The van der Waals surface area contributed by atoms with E-state index in [4.69, 9.17) is 9.84 Å². The van der Waals surface area contributed by atoms with Crippen molar-refractivity contribution >= 4 is 11.8 Å². The van der Waals surface area contributed by atoms with E-state index in [-0.39, 0.29) is 18.6 Å². The number of nitrogens with zero attached hydrogens (tertiary/aromatic N) is 1. The highest BCUT2D eigenvalue weighted by atomic mass is 16.6. The van der Waals surface area contributed by atoms with E-state index in [0.717, 1.165) is 10.3 Å². The van der Waals surface area contributed by atoms with Crippen LogP contribution >= 0.6 is 0 Å². The summed E-state index contributed by atoms with van der Waals surface area (Å²) in [5.74, 6) is 0. The van der Waals surface area contributed by atoms with E-state index < -0.39 is 6.23 Å². The van der Waals surface area contributed by atoms with Crippen LogP contribution in [0.2, 0.25) is 0 Å². The summed E-state index contributed by atoms with van der Waals surface area (Å²) < 4.78 is 6.40. The summed E-state index contributed by atoms with van der Waals surface area (Å²) in [6.07, 6.45) is 7.73. The first-order chi connectivity index (χ1) is 10.5. The van der Waals surface area contributed by atoms with Crippen molar-refractivity contribution in [3.05, 3.63) is 59.3 Å². The number of hydrogen-bond acceptors (Lipinski definition) is 3. The van der Waals surface area contributed by atoms with Crippen LogP contribution in [0.25, 0.3) is 6.08 Å². The number of ether oxygens (including phenoxy) is 1. The molecule has 1 aliphatic rings. The Labute approximate surface area is 131 Å². The van der Waals surface area contributed by atoms with Gasteiger partial charge >= 0.3 is 0 Å². The molecule has 1 N–H and O–H groups in total. The third-order valence-corrected chi connectivity index (χ3v) is 3.66. The van der Waals surface area contributed by atoms with Gasteiger partial charge in [0.1, 0.15) is 0 Å². The summed E-state index contributed by atoms with van der Waals surface area (Å²) in [6, 6.07) is 10.00. The summed E-state index contributed by atoms with van der Waals surface area (Å²) in [4.78, 5) is 0. The zero-order chi connectivity index (χ0) is 16.0. The Morgan fingerprint density at radius 3 is 2.64 bits per heavy atom. The molecule has 4 heteroatoms. The summed E-state index contributed by atoms with van der Waals surface area (Å²) in [6.45, 7) is 4.10. The minimum absolute atomic E-state index is 0.0780. The topological polar surface area (TPSA) is 55.5 Å². The van der Waals surface area contributed by atoms with Gasteiger partial charge in [0.05, 0.1) is 18.6 Å². The fraction of sp³-hybridized carbons (Fsp3) is 0.389. The quantitative estimate of drug-likeness (QED) is 0.499. The molecule has 1 aromatic rings. The molecule has 0 aromatic heterocycles. The van der Waals surface area contributed by atoms with E-state index >= 15 is 0 Å². The van der Waals surface area contributed by atoms with Gasteiger partial charge in [0.2, 0.25) is 0 Å². The van der Waals surface area contributed by atoms with Gasteiger partial charge in [-0.25, -0.2) is 0 Å². The summed E-state index contributed by atoms with van der Waals surface area (Å²) in [5, 5.41) is 21.1. The van der Waals surface area contributed by atoms with E-state index in [1.54, 1.807) is 0 Å². The highest BCUT2D eigenvalue weighted by Crippen LogP contribution is 2.34. The zero-order valence-electron chi connectivity index (χ0n) is 13.1. The normalized spacial score (nSPS) is 21.3. The average Bonchev–Trinajstić information content (AvgIpc) is 2.72. The third kappa shape index (κ3) is 4.06. The summed E-state index contributed by atoms with van der Waals surface area (Å²) in [5.41, 5.74) is 1.55. The predicted molar refractivity (Wildman–Crippen MR) is 88.5 cm³/mol. The standard InChI is InChI=1S/C18H23NO3/c1-18(2)14-16(19(21)17(18)22-13-12-20)11-7-6-10-15-8-4-3-5-9-15/h3-11,17,20H,12-14H2,1-2H3/b10-6+,11-7+. The van der Waals surface area contributed by atoms with Crippen LogP contribution in [-0.2, 0) is 4.74 Å². The van der Waals surface area contributed by atoms with Crippen LogP contribution in [0.3, 0.4) is 0 Å². The lowest BCUT2D eigenvalue weighted by Gasteiger charge is -2.23. The number of hydroxylamine groups is 1. The van der Waals surface area contributed by atoms with E-state index in [1.165, 1.54) is 0 Å². The van der Waals surface area contributed by atoms with Gasteiger partial charge in [0.25, 0.3) is 6.23 Å². The van der Waals surface area contributed by atoms with Crippen molar-refractivity contribution in [3.63, 3.8) is 0 Å². The van der Waals surface area contributed by atoms with Gasteiger partial charge in [-0.3, -0.25) is 0 Å². The van der Waals surface area contributed by atoms with Crippen molar-refractivity contribution in [1.29, 1.82) is 0 Å². The molecule has 118 valence electrons. The molecule has 0 aliphatic carbocycles. The highest BCUT2D eigenvalue weighted by Gasteiger charge is 2.45. The molecule has 1 aliphatic heterocycles. The fourth-order valence-electron chi connectivity index (χ4n) is 2.59. The number of allylic oxidation sites excluding steroid dienone is 3. The van der Waals surface area contributed by atoms with Gasteiger partial charge in [0.15, 0.2) is 5.71 Å². The maximum atomic E-state index is 12.3. The first-order valence-corrected chi connectivity index (χ1v) is 7.49. The van der Waals surface area contributed by atoms with Crippen LogP contribution in [0.1, 0.15) is 25.8 Å². The van der Waals surface area contributed by atoms with Crippen molar-refractivity contribution in [2.45, 2.75) is 26.5 Å². The second kappa shape index (κ2) is 7.38. The lowest BCUT2D eigenvalue weighted by atomic mass is 9.88. The summed E-state index contributed by atoms with van der Waals surface area (Å²) in [7, 11) is 0. The molecule has 0 saturated heterocycles. The molecular weight excluding hydrogens is 278 g/mol. The average molecular weight is 301 g/mol. The SMILES string of the molecule is CC1(C)CC(/C=C/C=C/c2ccccc2)=[N+]([O-])C1OCCO. The Morgan fingerprint density at radius 2 is 1.95 bits per heavy atom. The maximum absolute atomic E-state index is 12.3. The van der Waals surface area contributed by atoms with Crippen molar-refractivity contribution in [1.82, 2.24) is 0 Å². The van der Waals surface area contributed by atoms with Crippen LogP contribution in [-0.4, -0.2) is 35.0 Å². The van der Waals surface area contributed by atoms with Crippen molar-refractivity contribution < 1.29 is 14.6 Å². The van der Waals surface area contributed by atoms with Gasteiger partial charge in [-0.1, -0.05) is 62.4 Å². The van der Waals surface area contributed by atoms with Crippen LogP contribution in [0.5, 0.6) is 0 Å². The number of hydrogen-bond donors (Lipinski definition) is 1. The number of aliphatic hydroxyl groups excluding tert-OH is 1. The number of benzene rings is 1. The van der Waals surface area contributed by atoms with Crippen LogP contribution in [0, 0.1) is 10.6 Å². The first kappa shape index (κ1) is 16.5. The van der Waals surface area contributed by atoms with Crippen LogP contribution < -0.4 is 0 Å². The first-order valence-electron chi connectivity index (χ1n) is 7.49. The molecule has 4 nitrogen and oxygen atoms in total. The number of rotatable bonds is 6. The fourth-order valence-corrected chi connectivity index (χ4v) is 2.59. The molecule has 2 rings (SSSR count).